The highest BCUT2D eigenvalue weighted by molar-refractivity contribution is 8.01. The standard InChI is InChI=1S/C24H16Cl2N4O2S2/c1-10-19(15-9-27-18-6-4-3-5-12(15)18)21(22(31)32)30(29-10)24-28-20-14-8-17(26)16(25)7-13(14)11(2)33-23(20)34-24/h3-9,11,27H,1-2H3,(H,31,32). The van der Waals surface area contributed by atoms with Gasteiger partial charge in [-0.15, -0.1) is 11.8 Å². The summed E-state index contributed by atoms with van der Waals surface area (Å²) in [6, 6.07) is 11.5. The van der Waals surface area contributed by atoms with Gasteiger partial charge in [0, 0.05) is 39.0 Å². The van der Waals surface area contributed by atoms with Gasteiger partial charge in [0.15, 0.2) is 5.69 Å². The summed E-state index contributed by atoms with van der Waals surface area (Å²) in [6.07, 6.45) is 1.83. The van der Waals surface area contributed by atoms with E-state index in [9.17, 15) is 9.90 Å². The number of aromatic nitrogens is 4. The molecule has 0 amide bonds. The molecule has 0 radical (unpaired) electrons. The lowest BCUT2D eigenvalue weighted by Gasteiger charge is -2.21. The molecule has 1 unspecified atom stereocenters. The van der Waals surface area contributed by atoms with Crippen molar-refractivity contribution in [1.82, 2.24) is 19.7 Å². The van der Waals surface area contributed by atoms with Gasteiger partial charge in [-0.05, 0) is 37.6 Å². The number of rotatable bonds is 3. The number of aromatic carboxylic acids is 1. The summed E-state index contributed by atoms with van der Waals surface area (Å²) in [7, 11) is 0. The number of benzene rings is 2. The Morgan fingerprint density at radius 1 is 1.18 bits per heavy atom. The third-order valence-corrected chi connectivity index (χ3v) is 9.06. The van der Waals surface area contributed by atoms with Crippen LogP contribution in [0.25, 0.3) is 38.4 Å². The number of para-hydroxylation sites is 1. The number of carboxylic acid groups (broad SMARTS) is 1. The van der Waals surface area contributed by atoms with Gasteiger partial charge in [-0.2, -0.15) is 9.78 Å². The van der Waals surface area contributed by atoms with E-state index >= 15 is 0 Å². The highest BCUT2D eigenvalue weighted by atomic mass is 35.5. The summed E-state index contributed by atoms with van der Waals surface area (Å²) in [5.74, 6) is -1.06. The smallest absolute Gasteiger partial charge is 0.355 e. The molecule has 0 aliphatic carbocycles. The molecule has 2 N–H and O–H groups in total. The lowest BCUT2D eigenvalue weighted by Crippen LogP contribution is -2.09. The fourth-order valence-corrected chi connectivity index (χ4v) is 7.30. The zero-order valence-electron chi connectivity index (χ0n) is 17.9. The van der Waals surface area contributed by atoms with E-state index in [1.165, 1.54) is 16.0 Å². The molecule has 0 bridgehead atoms. The Hall–Kier alpha value is -2.78. The van der Waals surface area contributed by atoms with Crippen molar-refractivity contribution in [3.63, 3.8) is 0 Å². The molecule has 0 saturated heterocycles. The van der Waals surface area contributed by atoms with Gasteiger partial charge in [0.1, 0.15) is 0 Å². The topological polar surface area (TPSA) is 83.8 Å². The number of thioether (sulfide) groups is 1. The molecule has 2 aromatic carbocycles. The molecule has 0 fully saturated rings. The monoisotopic (exact) mass is 526 g/mol. The molecular formula is C24H16Cl2N4O2S2. The predicted molar refractivity (Wildman–Crippen MR) is 138 cm³/mol. The van der Waals surface area contributed by atoms with Crippen LogP contribution < -0.4 is 0 Å². The number of aryl methyl sites for hydroxylation is 1. The van der Waals surface area contributed by atoms with Gasteiger partial charge in [0.05, 0.1) is 25.6 Å². The summed E-state index contributed by atoms with van der Waals surface area (Å²) in [4.78, 5) is 20.6. The maximum Gasteiger partial charge on any atom is 0.355 e. The van der Waals surface area contributed by atoms with Crippen molar-refractivity contribution in [2.45, 2.75) is 23.3 Å². The van der Waals surface area contributed by atoms with Crippen LogP contribution in [0.5, 0.6) is 0 Å². The fraction of sp³-hybridized carbons (Fsp3) is 0.125. The minimum atomic E-state index is -1.06. The molecule has 1 atom stereocenters. The summed E-state index contributed by atoms with van der Waals surface area (Å²) in [5.41, 5.74) is 5.75. The van der Waals surface area contributed by atoms with Gasteiger partial charge in [-0.3, -0.25) is 0 Å². The van der Waals surface area contributed by atoms with Crippen molar-refractivity contribution >= 4 is 63.2 Å². The number of nitrogens with zero attached hydrogens (tertiary/aromatic N) is 3. The largest absolute Gasteiger partial charge is 0.476 e. The summed E-state index contributed by atoms with van der Waals surface area (Å²) >= 11 is 15.7. The number of nitrogens with one attached hydrogen (secondary N) is 1. The van der Waals surface area contributed by atoms with Crippen molar-refractivity contribution in [3.05, 3.63) is 69.6 Å². The van der Waals surface area contributed by atoms with Crippen molar-refractivity contribution in [3.8, 4) is 27.5 Å². The first-order valence-corrected chi connectivity index (χ1v) is 12.8. The molecule has 0 spiro atoms. The van der Waals surface area contributed by atoms with Gasteiger partial charge in [0.2, 0.25) is 5.13 Å². The Balaban J connectivity index is 1.56. The number of carboxylic acids is 1. The highest BCUT2D eigenvalue weighted by Gasteiger charge is 2.31. The van der Waals surface area contributed by atoms with Crippen LogP contribution in [0.1, 0.15) is 33.9 Å². The molecule has 34 heavy (non-hydrogen) atoms. The zero-order chi connectivity index (χ0) is 23.7. The lowest BCUT2D eigenvalue weighted by molar-refractivity contribution is 0.0688. The summed E-state index contributed by atoms with van der Waals surface area (Å²) in [6.45, 7) is 3.92. The maximum absolute atomic E-state index is 12.5. The Morgan fingerprint density at radius 3 is 2.74 bits per heavy atom. The van der Waals surface area contributed by atoms with Crippen LogP contribution in [-0.2, 0) is 0 Å². The molecule has 0 saturated carbocycles. The van der Waals surface area contributed by atoms with Gasteiger partial charge >= 0.3 is 5.97 Å². The Labute approximate surface area is 212 Å². The molecule has 5 aromatic rings. The van der Waals surface area contributed by atoms with E-state index in [0.717, 1.165) is 37.5 Å². The second-order valence-electron chi connectivity index (χ2n) is 8.02. The normalized spacial score (nSPS) is 14.9. The number of aromatic amines is 1. The second-order valence-corrected chi connectivity index (χ2v) is 11.4. The number of halogens is 2. The number of carbonyl (C=O) groups is 1. The van der Waals surface area contributed by atoms with E-state index in [-0.39, 0.29) is 10.9 Å². The SMILES string of the molecule is Cc1nn(-c2nc3c(s2)SC(C)c2cc(Cl)c(Cl)cc2-3)c(C(=O)O)c1-c1c[nH]c2ccccc12. The van der Waals surface area contributed by atoms with Crippen LogP contribution in [0.2, 0.25) is 10.0 Å². The average Bonchev–Trinajstić information content (AvgIpc) is 3.50. The van der Waals surface area contributed by atoms with Crippen molar-refractivity contribution in [1.29, 1.82) is 0 Å². The Bertz CT molecular complexity index is 1640. The number of H-pyrrole nitrogens is 1. The van der Waals surface area contributed by atoms with E-state index in [4.69, 9.17) is 28.2 Å². The van der Waals surface area contributed by atoms with Gasteiger partial charge in [-0.1, -0.05) is 52.7 Å². The first kappa shape index (κ1) is 21.7. The first-order chi connectivity index (χ1) is 16.3. The van der Waals surface area contributed by atoms with E-state index in [2.05, 4.69) is 17.0 Å². The Morgan fingerprint density at radius 2 is 1.94 bits per heavy atom. The van der Waals surface area contributed by atoms with Gasteiger partial charge in [-0.25, -0.2) is 9.78 Å². The quantitative estimate of drug-likeness (QED) is 0.252. The van der Waals surface area contributed by atoms with Gasteiger partial charge in [0.25, 0.3) is 0 Å². The van der Waals surface area contributed by atoms with Crippen molar-refractivity contribution in [2.75, 3.05) is 0 Å². The van der Waals surface area contributed by atoms with Crippen LogP contribution in [0, 0.1) is 6.92 Å². The summed E-state index contributed by atoms with van der Waals surface area (Å²) in [5, 5.41) is 17.4. The van der Waals surface area contributed by atoms with Crippen LogP contribution in [0.15, 0.2) is 46.8 Å². The van der Waals surface area contributed by atoms with E-state index in [1.807, 2.05) is 49.5 Å². The maximum atomic E-state index is 12.5. The number of thiazole rings is 1. The molecule has 6 rings (SSSR count). The first-order valence-electron chi connectivity index (χ1n) is 10.4. The Kier molecular flexibility index (Phi) is 5.04. The zero-order valence-corrected chi connectivity index (χ0v) is 21.0. The molecule has 1 aliphatic heterocycles. The molecule has 170 valence electrons. The van der Waals surface area contributed by atoms with Crippen LogP contribution in [-0.4, -0.2) is 30.8 Å². The van der Waals surface area contributed by atoms with Crippen LogP contribution in [0.4, 0.5) is 0 Å². The number of hydrogen-bond acceptors (Lipinski definition) is 5. The lowest BCUT2D eigenvalue weighted by atomic mass is 10.0. The van der Waals surface area contributed by atoms with Crippen LogP contribution >= 0.6 is 46.3 Å². The number of fused-ring (bicyclic) bond motifs is 4. The molecule has 10 heteroatoms. The van der Waals surface area contributed by atoms with Gasteiger partial charge < -0.3 is 10.1 Å². The average molecular weight is 527 g/mol. The van der Waals surface area contributed by atoms with Crippen molar-refractivity contribution in [2.24, 2.45) is 0 Å². The van der Waals surface area contributed by atoms with E-state index in [0.29, 0.717) is 26.4 Å². The minimum absolute atomic E-state index is 0.0840. The summed E-state index contributed by atoms with van der Waals surface area (Å²) < 4.78 is 2.44. The third-order valence-electron chi connectivity index (χ3n) is 5.96. The van der Waals surface area contributed by atoms with Crippen LogP contribution in [0.3, 0.4) is 0 Å². The minimum Gasteiger partial charge on any atom is -0.476 e. The van der Waals surface area contributed by atoms with E-state index in [1.54, 1.807) is 11.8 Å². The third kappa shape index (κ3) is 3.20. The van der Waals surface area contributed by atoms with E-state index < -0.39 is 5.97 Å². The highest BCUT2D eigenvalue weighted by Crippen LogP contribution is 2.53. The molecule has 3 aromatic heterocycles. The second kappa shape index (κ2) is 7.88. The predicted octanol–water partition coefficient (Wildman–Crippen LogP) is 7.62. The molecule has 4 heterocycles. The number of hydrogen-bond donors (Lipinski definition) is 2. The molecular weight excluding hydrogens is 511 g/mol. The fourth-order valence-electron chi connectivity index (χ4n) is 4.43. The molecule has 1 aliphatic rings. The van der Waals surface area contributed by atoms with Crippen molar-refractivity contribution < 1.29 is 9.90 Å². The molecule has 6 nitrogen and oxygen atoms in total.